The van der Waals surface area contributed by atoms with E-state index in [0.717, 1.165) is 41.6 Å². The number of hydrogen-bond donors (Lipinski definition) is 1. The van der Waals surface area contributed by atoms with Crippen molar-refractivity contribution in [3.8, 4) is 11.1 Å². The highest BCUT2D eigenvalue weighted by Crippen LogP contribution is 2.35. The first-order valence-corrected chi connectivity index (χ1v) is 14.4. The number of hydrogen-bond acceptors (Lipinski definition) is 7. The van der Waals surface area contributed by atoms with Crippen molar-refractivity contribution in [3.05, 3.63) is 41.9 Å². The Bertz CT molecular complexity index is 1440. The largest absolute Gasteiger partial charge is 0.381 e. The highest BCUT2D eigenvalue weighted by molar-refractivity contribution is 7.89. The van der Waals surface area contributed by atoms with E-state index in [1.807, 2.05) is 31.1 Å². The molecule has 5 rings (SSSR count). The molecule has 204 valence electrons. The van der Waals surface area contributed by atoms with Crippen molar-refractivity contribution < 1.29 is 17.9 Å². The molecule has 0 saturated carbocycles. The highest BCUT2D eigenvalue weighted by atomic mass is 32.2. The molecule has 3 aromatic rings. The number of aryl methyl sites for hydroxylation is 1. The van der Waals surface area contributed by atoms with E-state index >= 15 is 0 Å². The number of ether oxygens (including phenoxy) is 1. The second-order valence-electron chi connectivity index (χ2n) is 10.0. The highest BCUT2D eigenvalue weighted by Gasteiger charge is 2.30. The van der Waals surface area contributed by atoms with Gasteiger partial charge < -0.3 is 15.0 Å². The average molecular weight is 542 g/mol. The molecule has 1 fully saturated rings. The van der Waals surface area contributed by atoms with Gasteiger partial charge in [-0.1, -0.05) is 6.92 Å². The predicted molar refractivity (Wildman–Crippen MR) is 144 cm³/mol. The molecule has 12 heteroatoms. The molecule has 4 heterocycles. The maximum Gasteiger partial charge on any atom is 0.242 e. The van der Waals surface area contributed by atoms with E-state index in [-0.39, 0.29) is 16.8 Å². The van der Waals surface area contributed by atoms with Gasteiger partial charge in [0.05, 0.1) is 23.7 Å². The van der Waals surface area contributed by atoms with Crippen LogP contribution >= 0.6 is 0 Å². The van der Waals surface area contributed by atoms with Crippen molar-refractivity contribution in [1.82, 2.24) is 28.8 Å². The van der Waals surface area contributed by atoms with Crippen LogP contribution in [0.1, 0.15) is 43.5 Å². The van der Waals surface area contributed by atoms with Crippen LogP contribution in [-0.4, -0.2) is 76.9 Å². The number of sulfonamides is 1. The molecule has 38 heavy (non-hydrogen) atoms. The van der Waals surface area contributed by atoms with E-state index in [2.05, 4.69) is 15.1 Å². The van der Waals surface area contributed by atoms with E-state index in [9.17, 15) is 13.2 Å². The van der Waals surface area contributed by atoms with E-state index < -0.39 is 10.0 Å². The second kappa shape index (κ2) is 10.5. The Morgan fingerprint density at radius 1 is 1.18 bits per heavy atom. The summed E-state index contributed by atoms with van der Waals surface area (Å²) >= 11 is 0. The zero-order valence-corrected chi connectivity index (χ0v) is 23.2. The first-order chi connectivity index (χ1) is 18.2. The van der Waals surface area contributed by atoms with Crippen LogP contribution in [0.15, 0.2) is 35.5 Å². The maximum atomic E-state index is 13.1. The van der Waals surface area contributed by atoms with Crippen molar-refractivity contribution in [2.45, 2.75) is 50.1 Å². The molecule has 0 atom stereocenters. The number of benzene rings is 1. The van der Waals surface area contributed by atoms with Crippen LogP contribution in [0.5, 0.6) is 0 Å². The lowest BCUT2D eigenvalue weighted by molar-refractivity contribution is -0.131. The summed E-state index contributed by atoms with van der Waals surface area (Å²) in [5.74, 6) is 0.759. The van der Waals surface area contributed by atoms with Gasteiger partial charge in [0.1, 0.15) is 0 Å². The first-order valence-electron chi connectivity index (χ1n) is 13.0. The van der Waals surface area contributed by atoms with Crippen LogP contribution in [0.25, 0.3) is 11.1 Å². The van der Waals surface area contributed by atoms with Crippen LogP contribution in [0.4, 0.5) is 11.5 Å². The van der Waals surface area contributed by atoms with E-state index in [1.165, 1.54) is 18.4 Å². The Kier molecular flexibility index (Phi) is 7.30. The van der Waals surface area contributed by atoms with Gasteiger partial charge in [-0.05, 0) is 36.6 Å². The van der Waals surface area contributed by atoms with Gasteiger partial charge in [0, 0.05) is 82.4 Å². The normalized spacial score (nSPS) is 16.6. The summed E-state index contributed by atoms with van der Waals surface area (Å²) in [5, 5.41) is 12.7. The summed E-state index contributed by atoms with van der Waals surface area (Å²) in [4.78, 5) is 14.6. The number of aromatic nitrogens is 4. The molecule has 0 radical (unpaired) electrons. The maximum absolute atomic E-state index is 13.1. The summed E-state index contributed by atoms with van der Waals surface area (Å²) < 4.78 is 36.8. The third kappa shape index (κ3) is 5.07. The lowest BCUT2D eigenvalue weighted by Crippen LogP contribution is -2.36. The molecule has 1 saturated heterocycles. The topological polar surface area (TPSA) is 115 Å². The summed E-state index contributed by atoms with van der Waals surface area (Å²) in [7, 11) is 1.16. The molecular formula is C26H35N7O4S. The number of rotatable bonds is 7. The van der Waals surface area contributed by atoms with Gasteiger partial charge in [0.25, 0.3) is 0 Å². The number of carbonyl (C=O) groups excluding carboxylic acids is 1. The number of fused-ring (bicyclic) bond motifs is 1. The van der Waals surface area contributed by atoms with Crippen molar-refractivity contribution >= 4 is 27.4 Å². The standard InChI is InChI=1S/C26H35N7O4S/c1-5-25(34)32-9-6-24-23(17-32)26(29-33(24)21-7-10-37-11-8-21)28-20-12-18(19-15-27-31(4)16-19)13-22(14-20)38(35,36)30(2)3/h12-16,21H,5-11,17H2,1-4H3,(H,28,29). The third-order valence-corrected chi connectivity index (χ3v) is 9.06. The van der Waals surface area contributed by atoms with Gasteiger partial charge in [-0.2, -0.15) is 10.2 Å². The van der Waals surface area contributed by atoms with Crippen LogP contribution in [0, 0.1) is 0 Å². The molecule has 0 spiro atoms. The summed E-state index contributed by atoms with van der Waals surface area (Å²) in [5.41, 5.74) is 4.24. The zero-order valence-electron chi connectivity index (χ0n) is 22.3. The van der Waals surface area contributed by atoms with E-state index in [0.29, 0.717) is 44.2 Å². The summed E-state index contributed by atoms with van der Waals surface area (Å²) in [6, 6.07) is 5.43. The van der Waals surface area contributed by atoms with Crippen LogP contribution < -0.4 is 5.32 Å². The molecule has 1 amide bonds. The number of carbonyl (C=O) groups is 1. The fourth-order valence-corrected chi connectivity index (χ4v) is 6.09. The van der Waals surface area contributed by atoms with Crippen molar-refractivity contribution in [2.24, 2.45) is 7.05 Å². The Morgan fingerprint density at radius 2 is 1.95 bits per heavy atom. The number of amides is 1. The van der Waals surface area contributed by atoms with Crippen molar-refractivity contribution in [2.75, 3.05) is 39.2 Å². The van der Waals surface area contributed by atoms with Gasteiger partial charge in [0.15, 0.2) is 5.82 Å². The number of anilines is 2. The summed E-state index contributed by atoms with van der Waals surface area (Å²) in [6.07, 6.45) is 6.50. The lowest BCUT2D eigenvalue weighted by Gasteiger charge is -2.30. The fourth-order valence-electron chi connectivity index (χ4n) is 5.12. The Balaban J connectivity index is 1.59. The molecule has 2 aliphatic heterocycles. The number of nitrogens with one attached hydrogen (secondary N) is 1. The van der Waals surface area contributed by atoms with Gasteiger partial charge in [-0.3, -0.25) is 14.2 Å². The fraction of sp³-hybridized carbons (Fsp3) is 0.500. The Labute approximate surface area is 223 Å². The Hall–Kier alpha value is -3.22. The van der Waals surface area contributed by atoms with E-state index in [1.54, 1.807) is 23.0 Å². The quantitative estimate of drug-likeness (QED) is 0.489. The van der Waals surface area contributed by atoms with Gasteiger partial charge in [-0.25, -0.2) is 12.7 Å². The molecular weight excluding hydrogens is 506 g/mol. The second-order valence-corrected chi connectivity index (χ2v) is 12.2. The minimum Gasteiger partial charge on any atom is -0.381 e. The predicted octanol–water partition coefficient (Wildman–Crippen LogP) is 2.92. The molecule has 2 aliphatic rings. The molecule has 0 aliphatic carbocycles. The first kappa shape index (κ1) is 26.4. The lowest BCUT2D eigenvalue weighted by atomic mass is 10.0. The molecule has 11 nitrogen and oxygen atoms in total. The minimum atomic E-state index is -3.69. The Morgan fingerprint density at radius 3 is 2.61 bits per heavy atom. The van der Waals surface area contributed by atoms with Crippen LogP contribution in [0.3, 0.4) is 0 Å². The van der Waals surface area contributed by atoms with E-state index in [4.69, 9.17) is 9.84 Å². The molecule has 2 aromatic heterocycles. The van der Waals surface area contributed by atoms with Gasteiger partial charge in [0.2, 0.25) is 15.9 Å². The summed E-state index contributed by atoms with van der Waals surface area (Å²) in [6.45, 7) is 4.40. The monoisotopic (exact) mass is 541 g/mol. The zero-order chi connectivity index (χ0) is 27.0. The van der Waals surface area contributed by atoms with Gasteiger partial charge >= 0.3 is 0 Å². The molecule has 1 aromatic carbocycles. The molecule has 0 unspecified atom stereocenters. The minimum absolute atomic E-state index is 0.110. The van der Waals surface area contributed by atoms with Crippen molar-refractivity contribution in [3.63, 3.8) is 0 Å². The average Bonchev–Trinajstić information content (AvgIpc) is 3.51. The van der Waals surface area contributed by atoms with Crippen LogP contribution in [-0.2, 0) is 39.6 Å². The molecule has 0 bridgehead atoms. The van der Waals surface area contributed by atoms with Gasteiger partial charge in [-0.15, -0.1) is 0 Å². The van der Waals surface area contributed by atoms with Crippen molar-refractivity contribution in [1.29, 1.82) is 0 Å². The SMILES string of the molecule is CCC(=O)N1CCc2c(c(Nc3cc(-c4cnn(C)c4)cc(S(=O)(=O)N(C)C)c3)nn2C2CCOCC2)C1. The third-order valence-electron chi connectivity index (χ3n) is 7.26. The molecule has 1 N–H and O–H groups in total. The smallest absolute Gasteiger partial charge is 0.242 e. The number of nitrogens with zero attached hydrogens (tertiary/aromatic N) is 6. The van der Waals surface area contributed by atoms with Crippen LogP contribution in [0.2, 0.25) is 0 Å².